The van der Waals surface area contributed by atoms with Gasteiger partial charge in [0.25, 0.3) is 0 Å². The van der Waals surface area contributed by atoms with E-state index in [4.69, 9.17) is 4.74 Å². The largest absolute Gasteiger partial charge is 0.463 e. The Kier molecular flexibility index (Phi) is 8.43. The Labute approximate surface area is 138 Å². The van der Waals surface area contributed by atoms with Crippen LogP contribution in [-0.4, -0.2) is 18.5 Å². The van der Waals surface area contributed by atoms with Crippen LogP contribution in [0.3, 0.4) is 0 Å². The van der Waals surface area contributed by atoms with Gasteiger partial charge in [0, 0.05) is 6.42 Å². The Hall–Kier alpha value is -2.36. The summed E-state index contributed by atoms with van der Waals surface area (Å²) in [5, 5.41) is 2.91. The van der Waals surface area contributed by atoms with Crippen molar-refractivity contribution in [2.24, 2.45) is 5.92 Å². The summed E-state index contributed by atoms with van der Waals surface area (Å²) >= 11 is 0. The van der Waals surface area contributed by atoms with Crippen LogP contribution < -0.4 is 5.32 Å². The lowest BCUT2D eigenvalue weighted by Gasteiger charge is -2.20. The fourth-order valence-corrected chi connectivity index (χ4v) is 2.06. The predicted octanol–water partition coefficient (Wildman–Crippen LogP) is 3.57. The molecular weight excluding hydrogens is 290 g/mol. The number of nitrogens with one attached hydrogen (secondary N) is 1. The molecule has 0 fully saturated rings. The number of amides is 1. The van der Waals surface area contributed by atoms with Gasteiger partial charge in [-0.25, -0.2) is 0 Å². The maximum absolute atomic E-state index is 12.0. The summed E-state index contributed by atoms with van der Waals surface area (Å²) in [5.74, 6) is -0.611. The van der Waals surface area contributed by atoms with Gasteiger partial charge in [0.1, 0.15) is 6.61 Å². The third-order valence-electron chi connectivity index (χ3n) is 3.43. The Bertz CT molecular complexity index is 525. The van der Waals surface area contributed by atoms with Gasteiger partial charge in [-0.3, -0.25) is 9.59 Å². The third-order valence-corrected chi connectivity index (χ3v) is 3.43. The van der Waals surface area contributed by atoms with Crippen LogP contribution in [0.5, 0.6) is 0 Å². The molecule has 0 radical (unpaired) electrons. The Morgan fingerprint density at radius 1 is 1.22 bits per heavy atom. The van der Waals surface area contributed by atoms with Crippen molar-refractivity contribution >= 4 is 11.9 Å². The smallest absolute Gasteiger partial charge is 0.309 e. The van der Waals surface area contributed by atoms with Crippen LogP contribution in [-0.2, 0) is 14.3 Å². The first-order valence-electron chi connectivity index (χ1n) is 7.81. The molecule has 0 saturated carbocycles. The van der Waals surface area contributed by atoms with Crippen molar-refractivity contribution in [3.8, 4) is 0 Å². The standard InChI is InChI=1S/C19H25NO3/c1-4-6-13-18(21)20-17(16-11-8-7-9-12-16)14-23-19(22)15(3)10-5-2/h4-5,7-9,11-12,15,17H,1-2,6,10,13-14H2,3H3,(H,20,21)/t15-,17+/m1/s1. The monoisotopic (exact) mass is 315 g/mol. The molecule has 0 heterocycles. The van der Waals surface area contributed by atoms with E-state index in [0.717, 1.165) is 5.56 Å². The summed E-state index contributed by atoms with van der Waals surface area (Å²) in [7, 11) is 0. The van der Waals surface area contributed by atoms with Crippen molar-refractivity contribution < 1.29 is 14.3 Å². The quantitative estimate of drug-likeness (QED) is 0.530. The van der Waals surface area contributed by atoms with Crippen molar-refractivity contribution in [3.05, 3.63) is 61.2 Å². The highest BCUT2D eigenvalue weighted by atomic mass is 16.5. The number of hydrogen-bond acceptors (Lipinski definition) is 3. The molecule has 1 aromatic carbocycles. The van der Waals surface area contributed by atoms with Crippen LogP contribution in [0.15, 0.2) is 55.6 Å². The van der Waals surface area contributed by atoms with Crippen molar-refractivity contribution in [3.63, 3.8) is 0 Å². The first-order chi connectivity index (χ1) is 11.1. The zero-order chi connectivity index (χ0) is 17.1. The first kappa shape index (κ1) is 18.7. The van der Waals surface area contributed by atoms with Gasteiger partial charge in [0.2, 0.25) is 5.91 Å². The maximum Gasteiger partial charge on any atom is 0.309 e. The highest BCUT2D eigenvalue weighted by Crippen LogP contribution is 2.15. The van der Waals surface area contributed by atoms with E-state index in [9.17, 15) is 9.59 Å². The van der Waals surface area contributed by atoms with Crippen molar-refractivity contribution in [2.45, 2.75) is 32.2 Å². The lowest BCUT2D eigenvalue weighted by Crippen LogP contribution is -2.32. The summed E-state index contributed by atoms with van der Waals surface area (Å²) in [6.45, 7) is 9.14. The first-order valence-corrected chi connectivity index (χ1v) is 7.81. The maximum atomic E-state index is 12.0. The summed E-state index contributed by atoms with van der Waals surface area (Å²) in [6.07, 6.45) is 4.95. The average Bonchev–Trinajstić information content (AvgIpc) is 2.57. The summed E-state index contributed by atoms with van der Waals surface area (Å²) < 4.78 is 5.36. The number of carbonyl (C=O) groups excluding carboxylic acids is 2. The third kappa shape index (κ3) is 6.96. The van der Waals surface area contributed by atoms with E-state index in [-0.39, 0.29) is 30.4 Å². The van der Waals surface area contributed by atoms with Crippen LogP contribution >= 0.6 is 0 Å². The molecule has 23 heavy (non-hydrogen) atoms. The van der Waals surface area contributed by atoms with Gasteiger partial charge in [-0.1, -0.05) is 49.4 Å². The molecule has 0 aromatic heterocycles. The van der Waals surface area contributed by atoms with Crippen LogP contribution in [0.4, 0.5) is 0 Å². The highest BCUT2D eigenvalue weighted by molar-refractivity contribution is 5.76. The lowest BCUT2D eigenvalue weighted by atomic mass is 10.1. The number of benzene rings is 1. The molecule has 0 saturated heterocycles. The molecular formula is C19H25NO3. The van der Waals surface area contributed by atoms with Crippen molar-refractivity contribution in [1.82, 2.24) is 5.32 Å². The van der Waals surface area contributed by atoms with E-state index < -0.39 is 0 Å². The fraction of sp³-hybridized carbons (Fsp3) is 0.368. The topological polar surface area (TPSA) is 55.4 Å². The van der Waals surface area contributed by atoms with Gasteiger partial charge in [-0.05, 0) is 18.4 Å². The van der Waals surface area contributed by atoms with Gasteiger partial charge in [0.05, 0.1) is 12.0 Å². The number of allylic oxidation sites excluding steroid dienone is 2. The van der Waals surface area contributed by atoms with Crippen LogP contribution in [0, 0.1) is 5.92 Å². The molecule has 1 amide bonds. The van der Waals surface area contributed by atoms with Gasteiger partial charge < -0.3 is 10.1 Å². The molecule has 0 aliphatic carbocycles. The van der Waals surface area contributed by atoms with E-state index in [1.807, 2.05) is 30.3 Å². The van der Waals surface area contributed by atoms with Crippen molar-refractivity contribution in [2.75, 3.05) is 6.61 Å². The summed E-state index contributed by atoms with van der Waals surface area (Å²) in [5.41, 5.74) is 0.906. The second-order valence-electron chi connectivity index (χ2n) is 5.41. The molecule has 0 unspecified atom stereocenters. The number of hydrogen-bond donors (Lipinski definition) is 1. The van der Waals surface area contributed by atoms with Crippen LogP contribution in [0.1, 0.15) is 37.8 Å². The molecule has 4 nitrogen and oxygen atoms in total. The van der Waals surface area contributed by atoms with Gasteiger partial charge in [-0.2, -0.15) is 0 Å². The van der Waals surface area contributed by atoms with Gasteiger partial charge in [-0.15, -0.1) is 13.2 Å². The molecule has 0 bridgehead atoms. The molecule has 0 aliphatic heterocycles. The summed E-state index contributed by atoms with van der Waals surface area (Å²) in [6, 6.07) is 9.13. The Morgan fingerprint density at radius 2 is 1.91 bits per heavy atom. The van der Waals surface area contributed by atoms with E-state index in [1.165, 1.54) is 0 Å². The minimum absolute atomic E-state index is 0.0889. The van der Waals surface area contributed by atoms with E-state index in [0.29, 0.717) is 19.3 Å². The second kappa shape index (κ2) is 10.4. The van der Waals surface area contributed by atoms with E-state index in [2.05, 4.69) is 18.5 Å². The Balaban J connectivity index is 2.68. The molecule has 1 N–H and O–H groups in total. The molecule has 0 spiro atoms. The molecule has 1 aromatic rings. The lowest BCUT2D eigenvalue weighted by molar-refractivity contribution is -0.149. The van der Waals surface area contributed by atoms with Crippen LogP contribution in [0.2, 0.25) is 0 Å². The second-order valence-corrected chi connectivity index (χ2v) is 5.41. The number of carbonyl (C=O) groups is 2. The highest BCUT2D eigenvalue weighted by Gasteiger charge is 2.19. The molecule has 0 aliphatic rings. The molecule has 124 valence electrons. The number of rotatable bonds is 10. The fourth-order valence-electron chi connectivity index (χ4n) is 2.06. The Morgan fingerprint density at radius 3 is 2.52 bits per heavy atom. The predicted molar refractivity (Wildman–Crippen MR) is 91.7 cm³/mol. The molecule has 1 rings (SSSR count). The molecule has 2 atom stereocenters. The minimum Gasteiger partial charge on any atom is -0.463 e. The SMILES string of the molecule is C=CCCC(=O)N[C@@H](COC(=O)[C@H](C)CC=C)c1ccccc1. The normalized spacial score (nSPS) is 12.7. The van der Waals surface area contributed by atoms with Gasteiger partial charge in [0.15, 0.2) is 0 Å². The van der Waals surface area contributed by atoms with Crippen molar-refractivity contribution in [1.29, 1.82) is 0 Å². The minimum atomic E-state index is -0.353. The van der Waals surface area contributed by atoms with E-state index in [1.54, 1.807) is 19.1 Å². The van der Waals surface area contributed by atoms with E-state index >= 15 is 0 Å². The number of esters is 1. The molecule has 4 heteroatoms. The van der Waals surface area contributed by atoms with Gasteiger partial charge >= 0.3 is 5.97 Å². The zero-order valence-corrected chi connectivity index (χ0v) is 13.7. The number of ether oxygens (including phenoxy) is 1. The zero-order valence-electron chi connectivity index (χ0n) is 13.7. The average molecular weight is 315 g/mol. The van der Waals surface area contributed by atoms with Crippen LogP contribution in [0.25, 0.3) is 0 Å². The summed E-state index contributed by atoms with van der Waals surface area (Å²) in [4.78, 5) is 23.9.